The number of anilines is 1. The van der Waals surface area contributed by atoms with E-state index in [1.54, 1.807) is 26.0 Å². The van der Waals surface area contributed by atoms with Crippen LogP contribution in [0.3, 0.4) is 0 Å². The summed E-state index contributed by atoms with van der Waals surface area (Å²) in [6, 6.07) is 4.90. The van der Waals surface area contributed by atoms with Gasteiger partial charge in [-0.2, -0.15) is 0 Å². The van der Waals surface area contributed by atoms with Crippen LogP contribution in [0.2, 0.25) is 0 Å². The SMILES string of the molecule is CCNC(=O)NC(=O)C(C)Sc1ccc(N)cc1Br. The van der Waals surface area contributed by atoms with E-state index in [1.807, 2.05) is 6.07 Å². The van der Waals surface area contributed by atoms with Crippen LogP contribution >= 0.6 is 27.7 Å². The summed E-state index contributed by atoms with van der Waals surface area (Å²) in [5.41, 5.74) is 6.29. The predicted octanol–water partition coefficient (Wildman–Crippen LogP) is 2.36. The lowest BCUT2D eigenvalue weighted by atomic mass is 10.3. The quantitative estimate of drug-likeness (QED) is 0.577. The molecule has 1 atom stereocenters. The van der Waals surface area contributed by atoms with E-state index in [0.29, 0.717) is 12.2 Å². The summed E-state index contributed by atoms with van der Waals surface area (Å²) < 4.78 is 0.829. The number of halogens is 1. The number of thioether (sulfide) groups is 1. The molecule has 0 heterocycles. The topological polar surface area (TPSA) is 84.2 Å². The Labute approximate surface area is 124 Å². The minimum absolute atomic E-state index is 0.334. The smallest absolute Gasteiger partial charge is 0.321 e. The van der Waals surface area contributed by atoms with Crippen LogP contribution in [0.4, 0.5) is 10.5 Å². The lowest BCUT2D eigenvalue weighted by Gasteiger charge is -2.12. The van der Waals surface area contributed by atoms with Gasteiger partial charge >= 0.3 is 6.03 Å². The molecular weight excluding hydrogens is 330 g/mol. The first kappa shape index (κ1) is 15.8. The first-order valence-electron chi connectivity index (χ1n) is 5.74. The molecule has 0 spiro atoms. The van der Waals surface area contributed by atoms with Crippen LogP contribution in [0, 0.1) is 0 Å². The Morgan fingerprint density at radius 2 is 2.16 bits per heavy atom. The van der Waals surface area contributed by atoms with Crippen molar-refractivity contribution in [3.63, 3.8) is 0 Å². The molecule has 3 amide bonds. The highest BCUT2D eigenvalue weighted by Crippen LogP contribution is 2.31. The van der Waals surface area contributed by atoms with Gasteiger partial charge in [0.25, 0.3) is 0 Å². The van der Waals surface area contributed by atoms with Gasteiger partial charge in [0.2, 0.25) is 5.91 Å². The summed E-state index contributed by atoms with van der Waals surface area (Å²) in [6.07, 6.45) is 0. The van der Waals surface area contributed by atoms with E-state index in [1.165, 1.54) is 11.8 Å². The molecule has 1 rings (SSSR count). The zero-order valence-corrected chi connectivity index (χ0v) is 13.1. The molecule has 4 N–H and O–H groups in total. The number of amides is 3. The van der Waals surface area contributed by atoms with Crippen molar-refractivity contribution >= 4 is 45.3 Å². The van der Waals surface area contributed by atoms with Crippen molar-refractivity contribution in [1.29, 1.82) is 0 Å². The third-order valence-electron chi connectivity index (χ3n) is 2.20. The lowest BCUT2D eigenvalue weighted by molar-refractivity contribution is -0.119. The Hall–Kier alpha value is -1.21. The summed E-state index contributed by atoms with van der Waals surface area (Å²) >= 11 is 4.74. The number of nitrogen functional groups attached to an aromatic ring is 1. The molecule has 1 unspecified atom stereocenters. The van der Waals surface area contributed by atoms with Crippen LogP contribution < -0.4 is 16.4 Å². The second-order valence-electron chi connectivity index (χ2n) is 3.80. The van der Waals surface area contributed by atoms with E-state index in [9.17, 15) is 9.59 Å². The van der Waals surface area contributed by atoms with Crippen molar-refractivity contribution in [2.24, 2.45) is 0 Å². The fraction of sp³-hybridized carbons (Fsp3) is 0.333. The highest BCUT2D eigenvalue weighted by atomic mass is 79.9. The highest BCUT2D eigenvalue weighted by molar-refractivity contribution is 9.10. The average Bonchev–Trinajstić information content (AvgIpc) is 2.32. The lowest BCUT2D eigenvalue weighted by Crippen LogP contribution is -2.42. The summed E-state index contributed by atoms with van der Waals surface area (Å²) in [5.74, 6) is -0.334. The van der Waals surface area contributed by atoms with Gasteiger partial charge in [-0.05, 0) is 48.0 Å². The molecule has 0 aromatic heterocycles. The summed E-state index contributed by atoms with van der Waals surface area (Å²) in [7, 11) is 0. The maximum atomic E-state index is 11.8. The molecule has 1 aromatic carbocycles. The largest absolute Gasteiger partial charge is 0.399 e. The van der Waals surface area contributed by atoms with Gasteiger partial charge in [-0.3, -0.25) is 10.1 Å². The molecule has 0 aliphatic carbocycles. The summed E-state index contributed by atoms with van der Waals surface area (Å²) in [4.78, 5) is 23.9. The molecule has 0 radical (unpaired) electrons. The van der Waals surface area contributed by atoms with E-state index < -0.39 is 6.03 Å². The van der Waals surface area contributed by atoms with Crippen LogP contribution in [0.15, 0.2) is 27.6 Å². The molecule has 104 valence electrons. The summed E-state index contributed by atoms with van der Waals surface area (Å²) in [5, 5.41) is 4.40. The van der Waals surface area contributed by atoms with Crippen LogP contribution in [0.5, 0.6) is 0 Å². The van der Waals surface area contributed by atoms with Gasteiger partial charge in [0.15, 0.2) is 0 Å². The molecule has 7 heteroatoms. The molecule has 0 saturated carbocycles. The average molecular weight is 346 g/mol. The maximum Gasteiger partial charge on any atom is 0.321 e. The normalized spacial score (nSPS) is 11.7. The van der Waals surface area contributed by atoms with E-state index in [2.05, 4.69) is 26.6 Å². The van der Waals surface area contributed by atoms with Crippen LogP contribution in [0.25, 0.3) is 0 Å². The van der Waals surface area contributed by atoms with Crippen molar-refractivity contribution in [1.82, 2.24) is 10.6 Å². The molecule has 0 bridgehead atoms. The van der Waals surface area contributed by atoms with Crippen molar-refractivity contribution in [3.8, 4) is 0 Å². The number of imide groups is 1. The van der Waals surface area contributed by atoms with Gasteiger partial charge < -0.3 is 11.1 Å². The fourth-order valence-corrected chi connectivity index (χ4v) is 2.82. The van der Waals surface area contributed by atoms with Crippen molar-refractivity contribution < 1.29 is 9.59 Å². The Morgan fingerprint density at radius 3 is 2.74 bits per heavy atom. The van der Waals surface area contributed by atoms with Gasteiger partial charge in [0.05, 0.1) is 5.25 Å². The number of rotatable bonds is 4. The van der Waals surface area contributed by atoms with Crippen molar-refractivity contribution in [2.45, 2.75) is 24.0 Å². The molecule has 19 heavy (non-hydrogen) atoms. The number of carbonyl (C=O) groups excluding carboxylic acids is 2. The van der Waals surface area contributed by atoms with Gasteiger partial charge in [-0.1, -0.05) is 0 Å². The van der Waals surface area contributed by atoms with E-state index in [4.69, 9.17) is 5.73 Å². The Balaban J connectivity index is 2.61. The van der Waals surface area contributed by atoms with Gasteiger partial charge in [0.1, 0.15) is 0 Å². The van der Waals surface area contributed by atoms with Gasteiger partial charge in [0, 0.05) is 21.6 Å². The molecule has 1 aromatic rings. The standard InChI is InChI=1S/C12H16BrN3O2S/c1-3-15-12(18)16-11(17)7(2)19-10-5-4-8(14)6-9(10)13/h4-7H,3,14H2,1-2H3,(H2,15,16,17,18). The monoisotopic (exact) mass is 345 g/mol. The molecule has 5 nitrogen and oxygen atoms in total. The fourth-order valence-electron chi connectivity index (χ4n) is 1.27. The van der Waals surface area contributed by atoms with Crippen LogP contribution in [-0.2, 0) is 4.79 Å². The first-order chi connectivity index (χ1) is 8.93. The number of nitrogens with two attached hydrogens (primary N) is 1. The molecule has 0 fully saturated rings. The second-order valence-corrected chi connectivity index (χ2v) is 6.04. The molecule has 0 aliphatic heterocycles. The zero-order valence-electron chi connectivity index (χ0n) is 10.7. The highest BCUT2D eigenvalue weighted by Gasteiger charge is 2.17. The van der Waals surface area contributed by atoms with Crippen molar-refractivity contribution in [3.05, 3.63) is 22.7 Å². The number of carbonyl (C=O) groups is 2. The molecule has 0 saturated heterocycles. The number of urea groups is 1. The third-order valence-corrected chi connectivity index (χ3v) is 4.30. The van der Waals surface area contributed by atoms with E-state index in [0.717, 1.165) is 9.37 Å². The first-order valence-corrected chi connectivity index (χ1v) is 7.41. The van der Waals surface area contributed by atoms with E-state index in [-0.39, 0.29) is 11.2 Å². The van der Waals surface area contributed by atoms with Crippen molar-refractivity contribution in [2.75, 3.05) is 12.3 Å². The number of nitrogens with one attached hydrogen (secondary N) is 2. The Bertz CT molecular complexity index is 482. The van der Waals surface area contributed by atoms with E-state index >= 15 is 0 Å². The minimum Gasteiger partial charge on any atom is -0.399 e. The Morgan fingerprint density at radius 1 is 1.47 bits per heavy atom. The van der Waals surface area contributed by atoms with Crippen LogP contribution in [0.1, 0.15) is 13.8 Å². The minimum atomic E-state index is -0.476. The van der Waals surface area contributed by atoms with Crippen LogP contribution in [-0.4, -0.2) is 23.7 Å². The molecule has 0 aliphatic rings. The predicted molar refractivity (Wildman–Crippen MR) is 81.1 cm³/mol. The number of hydrogen-bond acceptors (Lipinski definition) is 4. The zero-order chi connectivity index (χ0) is 14.4. The van der Waals surface area contributed by atoms with Gasteiger partial charge in [-0.15, -0.1) is 11.8 Å². The second kappa shape index (κ2) is 7.40. The number of hydrogen-bond donors (Lipinski definition) is 3. The summed E-state index contributed by atoms with van der Waals surface area (Å²) in [6.45, 7) is 4.00. The molecular formula is C12H16BrN3O2S. The maximum absolute atomic E-state index is 11.8. The number of benzene rings is 1. The van der Waals surface area contributed by atoms with Gasteiger partial charge in [-0.25, -0.2) is 4.79 Å². The Kier molecular flexibility index (Phi) is 6.17. The third kappa shape index (κ3) is 5.12.